The molecule has 1 aliphatic rings. The molecule has 0 heterocycles. The summed E-state index contributed by atoms with van der Waals surface area (Å²) in [5.74, 6) is 0.605. The number of hydrogen-bond donors (Lipinski definition) is 2. The Kier molecular flexibility index (Phi) is 3.33. The Labute approximate surface area is 115 Å². The number of nitrogens with one attached hydrogen (secondary N) is 1. The van der Waals surface area contributed by atoms with Crippen LogP contribution in [0.1, 0.15) is 33.3 Å². The lowest BCUT2D eigenvalue weighted by atomic mass is 10.0. The van der Waals surface area contributed by atoms with Crippen molar-refractivity contribution in [2.45, 2.75) is 34.1 Å². The van der Waals surface area contributed by atoms with Gasteiger partial charge >= 0.3 is 0 Å². The minimum Gasteiger partial charge on any atom is -0.398 e. The summed E-state index contributed by atoms with van der Waals surface area (Å²) in [4.78, 5) is 12.0. The average molecular weight is 260 g/mol. The highest BCUT2D eigenvalue weighted by molar-refractivity contribution is 5.80. The van der Waals surface area contributed by atoms with Crippen LogP contribution in [0.25, 0.3) is 0 Å². The summed E-state index contributed by atoms with van der Waals surface area (Å²) in [6.07, 6.45) is 0.361. The van der Waals surface area contributed by atoms with E-state index in [4.69, 9.17) is 5.73 Å². The molecule has 0 aliphatic heterocycles. The molecule has 1 fully saturated rings. The number of nitrogens with two attached hydrogens (primary N) is 1. The molecule has 19 heavy (non-hydrogen) atoms. The quantitative estimate of drug-likeness (QED) is 0.818. The summed E-state index contributed by atoms with van der Waals surface area (Å²) in [6.45, 7) is 9.81. The van der Waals surface area contributed by atoms with Gasteiger partial charge in [0.1, 0.15) is 0 Å². The summed E-state index contributed by atoms with van der Waals surface area (Å²) in [6, 6.07) is 7.52. The highest BCUT2D eigenvalue weighted by atomic mass is 16.1. The molecule has 3 nitrogen and oxygen atoms in total. The van der Waals surface area contributed by atoms with E-state index in [1.807, 2.05) is 24.3 Å². The monoisotopic (exact) mass is 260 g/mol. The summed E-state index contributed by atoms with van der Waals surface area (Å²) in [5.41, 5.74) is 8.05. The minimum atomic E-state index is 0.0522. The van der Waals surface area contributed by atoms with E-state index in [1.54, 1.807) is 0 Å². The Balaban J connectivity index is 1.86. The maximum atomic E-state index is 12.0. The predicted molar refractivity (Wildman–Crippen MR) is 78.6 cm³/mol. The third kappa shape index (κ3) is 2.46. The lowest BCUT2D eigenvalue weighted by Gasteiger charge is -2.08. The van der Waals surface area contributed by atoms with E-state index in [1.165, 1.54) is 0 Å². The van der Waals surface area contributed by atoms with Crippen LogP contribution in [0.3, 0.4) is 0 Å². The molecular formula is C16H24N2O. The van der Waals surface area contributed by atoms with Gasteiger partial charge in [-0.05, 0) is 28.4 Å². The molecule has 2 rings (SSSR count). The molecule has 1 amide bonds. The molecule has 3 heteroatoms. The number of hydrogen-bond acceptors (Lipinski definition) is 2. The highest BCUT2D eigenvalue weighted by Gasteiger charge is 2.64. The molecule has 0 atom stereocenters. The molecule has 0 aromatic heterocycles. The Morgan fingerprint density at radius 2 is 1.79 bits per heavy atom. The molecule has 1 saturated carbocycles. The van der Waals surface area contributed by atoms with Crippen LogP contribution < -0.4 is 11.1 Å². The van der Waals surface area contributed by atoms with Crippen LogP contribution in [-0.4, -0.2) is 12.5 Å². The van der Waals surface area contributed by atoms with Crippen LogP contribution in [0.2, 0.25) is 0 Å². The number of anilines is 1. The third-order valence-corrected chi connectivity index (χ3v) is 5.23. The molecular weight excluding hydrogens is 236 g/mol. The highest BCUT2D eigenvalue weighted by Crippen LogP contribution is 2.67. The van der Waals surface area contributed by atoms with Gasteiger partial charge in [0.25, 0.3) is 0 Å². The minimum absolute atomic E-state index is 0.0522. The van der Waals surface area contributed by atoms with Gasteiger partial charge in [-0.3, -0.25) is 4.79 Å². The van der Waals surface area contributed by atoms with Crippen molar-refractivity contribution in [3.63, 3.8) is 0 Å². The predicted octanol–water partition coefficient (Wildman–Crippen LogP) is 2.61. The number of carbonyl (C=O) groups excluding carboxylic acids is 1. The van der Waals surface area contributed by atoms with Gasteiger partial charge in [0.15, 0.2) is 0 Å². The second-order valence-electron chi connectivity index (χ2n) is 6.68. The lowest BCUT2D eigenvalue weighted by Crippen LogP contribution is -2.28. The van der Waals surface area contributed by atoms with Crippen molar-refractivity contribution in [1.82, 2.24) is 5.32 Å². The van der Waals surface area contributed by atoms with Crippen molar-refractivity contribution in [2.24, 2.45) is 16.7 Å². The van der Waals surface area contributed by atoms with E-state index in [-0.39, 0.29) is 5.91 Å². The Morgan fingerprint density at radius 3 is 2.32 bits per heavy atom. The van der Waals surface area contributed by atoms with E-state index in [0.717, 1.165) is 12.1 Å². The first-order valence-electron chi connectivity index (χ1n) is 6.87. The van der Waals surface area contributed by atoms with Crippen molar-refractivity contribution >= 4 is 11.6 Å². The number of para-hydroxylation sites is 1. The maximum Gasteiger partial charge on any atom is 0.224 e. The molecule has 1 aromatic rings. The van der Waals surface area contributed by atoms with E-state index < -0.39 is 0 Å². The van der Waals surface area contributed by atoms with Crippen LogP contribution in [0, 0.1) is 16.7 Å². The number of amides is 1. The standard InChI is InChI=1S/C16H24N2O/c1-15(2)13(16(15,3)4)10-18-14(19)9-11-7-5-6-8-12(11)17/h5-8,13H,9-10,17H2,1-4H3,(H,18,19). The Morgan fingerprint density at radius 1 is 1.21 bits per heavy atom. The van der Waals surface area contributed by atoms with Crippen LogP contribution in [0.5, 0.6) is 0 Å². The smallest absolute Gasteiger partial charge is 0.224 e. The average Bonchev–Trinajstić information content (AvgIpc) is 2.70. The first-order valence-corrected chi connectivity index (χ1v) is 6.87. The van der Waals surface area contributed by atoms with Crippen molar-refractivity contribution < 1.29 is 4.79 Å². The maximum absolute atomic E-state index is 12.0. The zero-order valence-electron chi connectivity index (χ0n) is 12.3. The van der Waals surface area contributed by atoms with Gasteiger partial charge in [-0.25, -0.2) is 0 Å². The normalized spacial score (nSPS) is 20.0. The fourth-order valence-corrected chi connectivity index (χ4v) is 2.99. The van der Waals surface area contributed by atoms with Crippen LogP contribution in [0.15, 0.2) is 24.3 Å². The van der Waals surface area contributed by atoms with Crippen molar-refractivity contribution in [2.75, 3.05) is 12.3 Å². The molecule has 1 aromatic carbocycles. The van der Waals surface area contributed by atoms with Gasteiger partial charge in [0, 0.05) is 12.2 Å². The topological polar surface area (TPSA) is 55.1 Å². The molecule has 0 bridgehead atoms. The summed E-state index contributed by atoms with van der Waals surface area (Å²) >= 11 is 0. The number of nitrogen functional groups attached to an aromatic ring is 1. The van der Waals surface area contributed by atoms with Crippen LogP contribution in [-0.2, 0) is 11.2 Å². The SMILES string of the molecule is CC1(C)C(CNC(=O)Cc2ccccc2N)C1(C)C. The van der Waals surface area contributed by atoms with E-state index in [0.29, 0.717) is 28.9 Å². The zero-order chi connectivity index (χ0) is 14.3. The molecule has 0 saturated heterocycles. The molecule has 1 aliphatic carbocycles. The first kappa shape index (κ1) is 13.9. The first-order chi connectivity index (χ1) is 8.76. The van der Waals surface area contributed by atoms with Crippen LogP contribution in [0.4, 0.5) is 5.69 Å². The van der Waals surface area contributed by atoms with Crippen molar-refractivity contribution in [3.05, 3.63) is 29.8 Å². The van der Waals surface area contributed by atoms with Crippen molar-refractivity contribution in [1.29, 1.82) is 0 Å². The Bertz CT molecular complexity index is 477. The Hall–Kier alpha value is -1.51. The van der Waals surface area contributed by atoms with E-state index in [2.05, 4.69) is 33.0 Å². The van der Waals surface area contributed by atoms with Gasteiger partial charge in [-0.15, -0.1) is 0 Å². The fourth-order valence-electron chi connectivity index (χ4n) is 2.99. The third-order valence-electron chi connectivity index (χ3n) is 5.23. The zero-order valence-corrected chi connectivity index (χ0v) is 12.3. The van der Waals surface area contributed by atoms with E-state index in [9.17, 15) is 4.79 Å². The number of rotatable bonds is 4. The van der Waals surface area contributed by atoms with E-state index >= 15 is 0 Å². The molecule has 0 radical (unpaired) electrons. The number of carbonyl (C=O) groups is 1. The van der Waals surface area contributed by atoms with Gasteiger partial charge in [0.05, 0.1) is 6.42 Å². The van der Waals surface area contributed by atoms with Crippen LogP contribution >= 0.6 is 0 Å². The summed E-state index contributed by atoms with van der Waals surface area (Å²) in [7, 11) is 0. The second-order valence-corrected chi connectivity index (χ2v) is 6.68. The molecule has 0 unspecified atom stereocenters. The lowest BCUT2D eigenvalue weighted by molar-refractivity contribution is -0.120. The van der Waals surface area contributed by atoms with Crippen molar-refractivity contribution in [3.8, 4) is 0 Å². The summed E-state index contributed by atoms with van der Waals surface area (Å²) in [5, 5.41) is 3.04. The number of benzene rings is 1. The van der Waals surface area contributed by atoms with Gasteiger partial charge in [0.2, 0.25) is 5.91 Å². The largest absolute Gasteiger partial charge is 0.398 e. The molecule has 0 spiro atoms. The fraction of sp³-hybridized carbons (Fsp3) is 0.562. The van der Waals surface area contributed by atoms with Gasteiger partial charge in [-0.1, -0.05) is 45.9 Å². The summed E-state index contributed by atoms with van der Waals surface area (Å²) < 4.78 is 0. The second kappa shape index (κ2) is 4.55. The van der Waals surface area contributed by atoms with Gasteiger partial charge < -0.3 is 11.1 Å². The van der Waals surface area contributed by atoms with Gasteiger partial charge in [-0.2, -0.15) is 0 Å². The molecule has 104 valence electrons. The molecule has 3 N–H and O–H groups in total.